The van der Waals surface area contributed by atoms with Gasteiger partial charge in [0.15, 0.2) is 5.82 Å². The van der Waals surface area contributed by atoms with E-state index in [9.17, 15) is 9.59 Å². The molecule has 3 aromatic heterocycles. The number of piperazine rings is 1. The van der Waals surface area contributed by atoms with E-state index >= 15 is 4.39 Å². The normalized spacial score (nSPS) is 14.8. The highest BCUT2D eigenvalue weighted by molar-refractivity contribution is 5.92. The molecule has 0 unspecified atom stereocenters. The van der Waals surface area contributed by atoms with Gasteiger partial charge in [0.05, 0.1) is 22.6 Å². The van der Waals surface area contributed by atoms with Gasteiger partial charge in [-0.25, -0.2) is 13.9 Å². The number of nitrogens with one attached hydrogen (secondary N) is 2. The maximum Gasteiger partial charge on any atom is 0.274 e. The second-order valence-corrected chi connectivity index (χ2v) is 8.61. The van der Waals surface area contributed by atoms with E-state index in [2.05, 4.69) is 30.2 Å². The molecule has 34 heavy (non-hydrogen) atoms. The van der Waals surface area contributed by atoms with Crippen molar-refractivity contribution in [3.05, 3.63) is 69.1 Å². The number of aromatic nitrogens is 4. The molecule has 1 amide bonds. The molecule has 1 saturated heterocycles. The van der Waals surface area contributed by atoms with E-state index in [1.54, 1.807) is 32.2 Å². The van der Waals surface area contributed by atoms with E-state index in [0.29, 0.717) is 34.5 Å². The number of nitrogens with zero attached hydrogens (tertiary/aromatic N) is 5. The Hall–Kier alpha value is -3.79. The number of hydrogen-bond acceptors (Lipinski definition) is 6. The molecule has 1 aromatic carbocycles. The zero-order valence-electron chi connectivity index (χ0n) is 19.4. The summed E-state index contributed by atoms with van der Waals surface area (Å²) in [7, 11) is 1.58. The van der Waals surface area contributed by atoms with Crippen LogP contribution in [0.15, 0.2) is 35.1 Å². The van der Waals surface area contributed by atoms with Crippen LogP contribution >= 0.6 is 0 Å². The van der Waals surface area contributed by atoms with Crippen LogP contribution in [0.5, 0.6) is 0 Å². The monoisotopic (exact) mass is 463 g/mol. The van der Waals surface area contributed by atoms with Crippen molar-refractivity contribution in [3.63, 3.8) is 0 Å². The highest BCUT2D eigenvalue weighted by atomic mass is 19.1. The lowest BCUT2D eigenvalue weighted by molar-refractivity contribution is 0.0958. The first-order valence-corrected chi connectivity index (χ1v) is 11.2. The van der Waals surface area contributed by atoms with Crippen LogP contribution in [0.3, 0.4) is 0 Å². The number of carbonyl (C=O) groups excluding carboxylic acids is 1. The van der Waals surface area contributed by atoms with Crippen molar-refractivity contribution < 1.29 is 9.18 Å². The predicted molar refractivity (Wildman–Crippen MR) is 128 cm³/mol. The van der Waals surface area contributed by atoms with Crippen molar-refractivity contribution in [2.24, 2.45) is 0 Å². The van der Waals surface area contributed by atoms with Crippen LogP contribution in [0, 0.1) is 19.7 Å². The minimum absolute atomic E-state index is 0.176. The molecule has 0 spiro atoms. The van der Waals surface area contributed by atoms with Gasteiger partial charge in [-0.3, -0.25) is 14.5 Å². The van der Waals surface area contributed by atoms with Crippen molar-refractivity contribution in [1.82, 2.24) is 29.8 Å². The Labute approximate surface area is 195 Å². The van der Waals surface area contributed by atoms with Gasteiger partial charge in [-0.05, 0) is 38.1 Å². The SMILES string of the molecule is CNC(=O)c1ccc(N2CCN(Cc3ccc4c([nH]c(=O)c5cc(C)nn54)c3F)CC2)c(C)n1. The molecule has 4 heterocycles. The number of carbonyl (C=O) groups is 1. The van der Waals surface area contributed by atoms with E-state index in [-0.39, 0.29) is 17.0 Å². The largest absolute Gasteiger partial charge is 0.368 e. The van der Waals surface area contributed by atoms with Crippen molar-refractivity contribution in [2.75, 3.05) is 38.1 Å². The van der Waals surface area contributed by atoms with Crippen LogP contribution in [0.25, 0.3) is 16.6 Å². The van der Waals surface area contributed by atoms with E-state index in [0.717, 1.165) is 37.6 Å². The van der Waals surface area contributed by atoms with E-state index in [1.165, 1.54) is 4.52 Å². The van der Waals surface area contributed by atoms with Gasteiger partial charge >= 0.3 is 0 Å². The van der Waals surface area contributed by atoms with Crippen molar-refractivity contribution in [2.45, 2.75) is 20.4 Å². The fourth-order valence-corrected chi connectivity index (χ4v) is 4.58. The first kappa shape index (κ1) is 22.0. The van der Waals surface area contributed by atoms with Crippen LogP contribution in [0.4, 0.5) is 10.1 Å². The quantitative estimate of drug-likeness (QED) is 0.481. The lowest BCUT2D eigenvalue weighted by atomic mass is 10.1. The standard InChI is InChI=1S/C24H26FN7O2/c1-14-12-20-24(34)28-22-19(32(20)29-14)6-4-16(21(22)25)13-30-8-10-31(11-9-30)18-7-5-17(23(33)26-3)27-15(18)2/h4-7,12H,8-11,13H2,1-3H3,(H,26,33)(H,28,34). The summed E-state index contributed by atoms with van der Waals surface area (Å²) < 4.78 is 16.9. The maximum absolute atomic E-state index is 15.4. The van der Waals surface area contributed by atoms with Gasteiger partial charge in [0.2, 0.25) is 0 Å². The van der Waals surface area contributed by atoms with Gasteiger partial charge in [-0.1, -0.05) is 6.07 Å². The maximum atomic E-state index is 15.4. The van der Waals surface area contributed by atoms with Crippen LogP contribution in [0.2, 0.25) is 0 Å². The highest BCUT2D eigenvalue weighted by Gasteiger charge is 2.22. The molecule has 4 aromatic rings. The number of anilines is 1. The smallest absolute Gasteiger partial charge is 0.274 e. The topological polar surface area (TPSA) is 98.6 Å². The van der Waals surface area contributed by atoms with Crippen molar-refractivity contribution in [1.29, 1.82) is 0 Å². The molecule has 0 bridgehead atoms. The summed E-state index contributed by atoms with van der Waals surface area (Å²) in [5.74, 6) is -0.626. The molecule has 0 radical (unpaired) electrons. The zero-order valence-corrected chi connectivity index (χ0v) is 19.4. The molecule has 0 atom stereocenters. The summed E-state index contributed by atoms with van der Waals surface area (Å²) >= 11 is 0. The first-order valence-electron chi connectivity index (χ1n) is 11.2. The fraction of sp³-hybridized carbons (Fsp3) is 0.333. The number of H-pyrrole nitrogens is 1. The molecule has 1 aliphatic heterocycles. The predicted octanol–water partition coefficient (Wildman–Crippen LogP) is 2.01. The van der Waals surface area contributed by atoms with E-state index in [4.69, 9.17) is 0 Å². The number of fused-ring (bicyclic) bond motifs is 3. The highest BCUT2D eigenvalue weighted by Crippen LogP contribution is 2.24. The number of rotatable bonds is 4. The molecule has 5 rings (SSSR count). The summed E-state index contributed by atoms with van der Waals surface area (Å²) in [6.45, 7) is 7.18. The third-order valence-electron chi connectivity index (χ3n) is 6.36. The number of benzene rings is 1. The Morgan fingerprint density at radius 3 is 2.59 bits per heavy atom. The fourth-order valence-electron chi connectivity index (χ4n) is 4.58. The Morgan fingerprint density at radius 2 is 1.88 bits per heavy atom. The summed E-state index contributed by atoms with van der Waals surface area (Å²) in [6.07, 6.45) is 0. The van der Waals surface area contributed by atoms with E-state index < -0.39 is 5.82 Å². The molecule has 0 saturated carbocycles. The van der Waals surface area contributed by atoms with Crippen molar-refractivity contribution >= 4 is 28.1 Å². The molecular formula is C24H26FN7O2. The van der Waals surface area contributed by atoms with Gasteiger partial charge in [-0.2, -0.15) is 5.10 Å². The number of aryl methyl sites for hydroxylation is 2. The number of pyridine rings is 1. The van der Waals surface area contributed by atoms with Gasteiger partial charge in [0.25, 0.3) is 11.5 Å². The van der Waals surface area contributed by atoms with Crippen LogP contribution in [-0.4, -0.2) is 63.6 Å². The Balaban J connectivity index is 1.32. The molecule has 1 fully saturated rings. The van der Waals surface area contributed by atoms with Crippen LogP contribution in [0.1, 0.15) is 27.4 Å². The zero-order chi connectivity index (χ0) is 24.0. The van der Waals surface area contributed by atoms with Crippen molar-refractivity contribution in [3.8, 4) is 0 Å². The lowest BCUT2D eigenvalue weighted by Crippen LogP contribution is -2.46. The third-order valence-corrected chi connectivity index (χ3v) is 6.36. The Kier molecular flexibility index (Phi) is 5.52. The summed E-state index contributed by atoms with van der Waals surface area (Å²) in [5, 5.41) is 6.93. The molecule has 1 aliphatic rings. The third kappa shape index (κ3) is 3.79. The van der Waals surface area contributed by atoms with E-state index in [1.807, 2.05) is 19.1 Å². The average Bonchev–Trinajstić information content (AvgIpc) is 3.24. The van der Waals surface area contributed by atoms with Crippen LogP contribution in [-0.2, 0) is 6.54 Å². The number of amides is 1. The molecule has 176 valence electrons. The van der Waals surface area contributed by atoms with Gasteiger partial charge in [0, 0.05) is 45.3 Å². The Morgan fingerprint density at radius 1 is 1.12 bits per heavy atom. The summed E-state index contributed by atoms with van der Waals surface area (Å²) in [4.78, 5) is 35.8. The molecule has 9 nitrogen and oxygen atoms in total. The van der Waals surface area contributed by atoms with Gasteiger partial charge in [-0.15, -0.1) is 0 Å². The first-order chi connectivity index (χ1) is 16.4. The molecule has 10 heteroatoms. The minimum Gasteiger partial charge on any atom is -0.368 e. The number of aromatic amines is 1. The average molecular weight is 464 g/mol. The number of halogens is 1. The molecule has 2 N–H and O–H groups in total. The number of hydrogen-bond donors (Lipinski definition) is 2. The van der Waals surface area contributed by atoms with Gasteiger partial charge in [0.1, 0.15) is 16.7 Å². The summed E-state index contributed by atoms with van der Waals surface area (Å²) in [6, 6.07) is 8.93. The molecular weight excluding hydrogens is 437 g/mol. The molecule has 0 aliphatic carbocycles. The second kappa shape index (κ2) is 8.53. The minimum atomic E-state index is -0.420. The van der Waals surface area contributed by atoms with Gasteiger partial charge < -0.3 is 15.2 Å². The summed E-state index contributed by atoms with van der Waals surface area (Å²) in [5.41, 5.74) is 4.20. The lowest BCUT2D eigenvalue weighted by Gasteiger charge is -2.36. The Bertz CT molecular complexity index is 1470. The second-order valence-electron chi connectivity index (χ2n) is 8.61. The van der Waals surface area contributed by atoms with Crippen LogP contribution < -0.4 is 15.8 Å².